The quantitative estimate of drug-likeness (QED) is 0.883. The number of anilines is 1. The number of para-hydroxylation sites is 1. The Labute approximate surface area is 118 Å². The fraction of sp³-hybridized carbons (Fsp3) is 0.375. The van der Waals surface area contributed by atoms with Crippen molar-refractivity contribution in [1.82, 2.24) is 0 Å². The number of rotatable bonds is 4. The van der Waals surface area contributed by atoms with Gasteiger partial charge in [-0.3, -0.25) is 4.79 Å². The van der Waals surface area contributed by atoms with Gasteiger partial charge in [0.2, 0.25) is 5.91 Å². The largest absolute Gasteiger partial charge is 0.384 e. The minimum absolute atomic E-state index is 0.145. The van der Waals surface area contributed by atoms with Crippen molar-refractivity contribution in [2.45, 2.75) is 32.3 Å². The number of nitrogens with zero attached hydrogens (tertiary/aromatic N) is 1. The number of hydrogen-bond donors (Lipinski definition) is 2. The van der Waals surface area contributed by atoms with Crippen molar-refractivity contribution in [3.63, 3.8) is 0 Å². The molecule has 0 spiro atoms. The minimum atomic E-state index is -1.16. The Bertz CT molecular complexity index is 593. The summed E-state index contributed by atoms with van der Waals surface area (Å²) < 4.78 is 0. The zero-order valence-corrected chi connectivity index (χ0v) is 11.7. The standard InChI is InChI=1S/C16H18N2O2/c1-12(19)18-14-6-4-3-5-13(14)7-8-15(2,20)16(11-17)9-10-16/h3-8,20H,9-10H2,1-2H3,(H,18,19)/b8-7+/t15-/m1/s1. The predicted molar refractivity (Wildman–Crippen MR) is 77.7 cm³/mol. The molecule has 1 amide bonds. The Morgan fingerprint density at radius 1 is 1.50 bits per heavy atom. The number of benzene rings is 1. The number of hydrogen-bond acceptors (Lipinski definition) is 3. The first-order valence-electron chi connectivity index (χ1n) is 6.60. The highest BCUT2D eigenvalue weighted by Gasteiger charge is 2.55. The summed E-state index contributed by atoms with van der Waals surface area (Å²) >= 11 is 0. The van der Waals surface area contributed by atoms with Crippen LogP contribution in [0.1, 0.15) is 32.3 Å². The summed E-state index contributed by atoms with van der Waals surface area (Å²) in [4.78, 5) is 11.2. The van der Waals surface area contributed by atoms with Crippen molar-refractivity contribution in [3.8, 4) is 6.07 Å². The SMILES string of the molecule is CC(=O)Nc1ccccc1/C=C/[C@@](C)(O)C1(C#N)CC1. The molecule has 4 nitrogen and oxygen atoms in total. The molecule has 0 unspecified atom stereocenters. The maximum absolute atomic E-state index is 11.2. The smallest absolute Gasteiger partial charge is 0.221 e. The predicted octanol–water partition coefficient (Wildman–Crippen LogP) is 2.71. The lowest BCUT2D eigenvalue weighted by molar-refractivity contribution is -0.114. The van der Waals surface area contributed by atoms with Gasteiger partial charge in [-0.1, -0.05) is 30.4 Å². The number of aliphatic hydroxyl groups is 1. The second-order valence-corrected chi connectivity index (χ2v) is 5.44. The summed E-state index contributed by atoms with van der Waals surface area (Å²) in [6, 6.07) is 9.54. The van der Waals surface area contributed by atoms with Crippen LogP contribution in [0.4, 0.5) is 5.69 Å². The van der Waals surface area contributed by atoms with Gasteiger partial charge in [0.25, 0.3) is 0 Å². The molecule has 0 heterocycles. The molecular formula is C16H18N2O2. The van der Waals surface area contributed by atoms with Crippen molar-refractivity contribution in [1.29, 1.82) is 5.26 Å². The molecule has 1 fully saturated rings. The maximum atomic E-state index is 11.2. The monoisotopic (exact) mass is 270 g/mol. The average Bonchev–Trinajstić information content (AvgIpc) is 3.18. The normalized spacial score (nSPS) is 19.1. The highest BCUT2D eigenvalue weighted by atomic mass is 16.3. The van der Waals surface area contributed by atoms with Crippen LogP contribution in [-0.4, -0.2) is 16.6 Å². The summed E-state index contributed by atoms with van der Waals surface area (Å²) in [6.45, 7) is 3.10. The topological polar surface area (TPSA) is 73.1 Å². The first kappa shape index (κ1) is 14.3. The zero-order valence-electron chi connectivity index (χ0n) is 11.7. The van der Waals surface area contributed by atoms with E-state index in [-0.39, 0.29) is 5.91 Å². The van der Waals surface area contributed by atoms with Crippen LogP contribution in [0.3, 0.4) is 0 Å². The third kappa shape index (κ3) is 2.73. The minimum Gasteiger partial charge on any atom is -0.384 e. The molecule has 104 valence electrons. The van der Waals surface area contributed by atoms with Gasteiger partial charge < -0.3 is 10.4 Å². The van der Waals surface area contributed by atoms with Gasteiger partial charge in [-0.15, -0.1) is 0 Å². The van der Waals surface area contributed by atoms with Gasteiger partial charge in [0.1, 0.15) is 0 Å². The van der Waals surface area contributed by atoms with Crippen LogP contribution in [-0.2, 0) is 4.79 Å². The lowest BCUT2D eigenvalue weighted by atomic mass is 9.86. The van der Waals surface area contributed by atoms with Crippen molar-refractivity contribution >= 4 is 17.7 Å². The van der Waals surface area contributed by atoms with Crippen LogP contribution < -0.4 is 5.32 Å². The van der Waals surface area contributed by atoms with E-state index < -0.39 is 11.0 Å². The van der Waals surface area contributed by atoms with Crippen molar-refractivity contribution in [2.75, 3.05) is 5.32 Å². The molecule has 1 aliphatic carbocycles. The number of carbonyl (C=O) groups is 1. The summed E-state index contributed by atoms with van der Waals surface area (Å²) in [5.41, 5.74) is -0.331. The molecule has 4 heteroatoms. The molecule has 1 aliphatic rings. The number of nitrogens with one attached hydrogen (secondary N) is 1. The van der Waals surface area contributed by atoms with E-state index in [0.29, 0.717) is 18.5 Å². The molecule has 0 saturated heterocycles. The first-order chi connectivity index (χ1) is 9.40. The van der Waals surface area contributed by atoms with Gasteiger partial charge in [0, 0.05) is 12.6 Å². The number of carbonyl (C=O) groups excluding carboxylic acids is 1. The van der Waals surface area contributed by atoms with Crippen LogP contribution >= 0.6 is 0 Å². The Morgan fingerprint density at radius 3 is 2.70 bits per heavy atom. The molecular weight excluding hydrogens is 252 g/mol. The van der Waals surface area contributed by atoms with Gasteiger partial charge in [0.05, 0.1) is 17.1 Å². The molecule has 0 aromatic heterocycles. The molecule has 20 heavy (non-hydrogen) atoms. The summed E-state index contributed by atoms with van der Waals surface area (Å²) in [5, 5.41) is 22.3. The van der Waals surface area contributed by atoms with Crippen molar-refractivity contribution in [3.05, 3.63) is 35.9 Å². The summed E-state index contributed by atoms with van der Waals surface area (Å²) in [7, 11) is 0. The van der Waals surface area contributed by atoms with Crippen LogP contribution in [0.25, 0.3) is 6.08 Å². The molecule has 1 atom stereocenters. The fourth-order valence-corrected chi connectivity index (χ4v) is 2.21. The molecule has 1 aromatic rings. The van der Waals surface area contributed by atoms with E-state index in [9.17, 15) is 9.90 Å². The zero-order chi connectivity index (χ0) is 14.8. The fourth-order valence-electron chi connectivity index (χ4n) is 2.21. The average molecular weight is 270 g/mol. The third-order valence-corrected chi connectivity index (χ3v) is 3.79. The second-order valence-electron chi connectivity index (χ2n) is 5.44. The maximum Gasteiger partial charge on any atom is 0.221 e. The number of nitriles is 1. The lowest BCUT2D eigenvalue weighted by Gasteiger charge is -2.24. The van der Waals surface area contributed by atoms with Crippen LogP contribution in [0.2, 0.25) is 0 Å². The van der Waals surface area contributed by atoms with Gasteiger partial charge in [-0.25, -0.2) is 0 Å². The van der Waals surface area contributed by atoms with E-state index in [0.717, 1.165) is 5.56 Å². The Kier molecular flexibility index (Phi) is 3.65. The van der Waals surface area contributed by atoms with Crippen LogP contribution in [0, 0.1) is 16.7 Å². The molecule has 0 bridgehead atoms. The Balaban J connectivity index is 2.24. The summed E-state index contributed by atoms with van der Waals surface area (Å²) in [6.07, 6.45) is 4.83. The van der Waals surface area contributed by atoms with E-state index in [2.05, 4.69) is 11.4 Å². The van der Waals surface area contributed by atoms with E-state index in [1.165, 1.54) is 6.92 Å². The van der Waals surface area contributed by atoms with Crippen LogP contribution in [0.5, 0.6) is 0 Å². The molecule has 0 radical (unpaired) electrons. The Morgan fingerprint density at radius 2 is 2.15 bits per heavy atom. The highest BCUT2D eigenvalue weighted by Crippen LogP contribution is 2.54. The number of amides is 1. The van der Waals surface area contributed by atoms with Crippen molar-refractivity contribution < 1.29 is 9.90 Å². The van der Waals surface area contributed by atoms with E-state index in [1.54, 1.807) is 25.1 Å². The molecule has 1 saturated carbocycles. The van der Waals surface area contributed by atoms with Crippen LogP contribution in [0.15, 0.2) is 30.3 Å². The van der Waals surface area contributed by atoms with Crippen molar-refractivity contribution in [2.24, 2.45) is 5.41 Å². The summed E-state index contributed by atoms with van der Waals surface area (Å²) in [5.74, 6) is -0.145. The van der Waals surface area contributed by atoms with E-state index in [4.69, 9.17) is 5.26 Å². The van der Waals surface area contributed by atoms with Gasteiger partial charge in [0.15, 0.2) is 0 Å². The van der Waals surface area contributed by atoms with Gasteiger partial charge in [-0.05, 0) is 31.4 Å². The first-order valence-corrected chi connectivity index (χ1v) is 6.60. The van der Waals surface area contributed by atoms with Gasteiger partial charge in [-0.2, -0.15) is 5.26 Å². The highest BCUT2D eigenvalue weighted by molar-refractivity contribution is 5.91. The Hall–Kier alpha value is -2.12. The molecule has 2 rings (SSSR count). The second kappa shape index (κ2) is 5.10. The molecule has 0 aliphatic heterocycles. The van der Waals surface area contributed by atoms with E-state index in [1.807, 2.05) is 18.2 Å². The lowest BCUT2D eigenvalue weighted by Crippen LogP contribution is -2.32. The molecule has 2 N–H and O–H groups in total. The molecule has 1 aromatic carbocycles. The third-order valence-electron chi connectivity index (χ3n) is 3.79. The van der Waals surface area contributed by atoms with E-state index >= 15 is 0 Å². The van der Waals surface area contributed by atoms with Gasteiger partial charge >= 0.3 is 0 Å².